The van der Waals surface area contributed by atoms with E-state index in [2.05, 4.69) is 26.0 Å². The van der Waals surface area contributed by atoms with Gasteiger partial charge in [-0.05, 0) is 46.6 Å². The molecule has 0 unspecified atom stereocenters. The van der Waals surface area contributed by atoms with Gasteiger partial charge in [0.2, 0.25) is 0 Å². The summed E-state index contributed by atoms with van der Waals surface area (Å²) in [6.45, 7) is 1.98. The molecule has 108 valence electrons. The molecule has 0 amide bonds. The third kappa shape index (κ3) is 1.80. The Morgan fingerprint density at radius 2 is 1.91 bits per heavy atom. The molecule has 0 N–H and O–H groups in total. The number of halogens is 1. The number of aryl methyl sites for hydroxylation is 1. The molecule has 3 heterocycles. The molecule has 3 aromatic heterocycles. The van der Waals surface area contributed by atoms with Crippen molar-refractivity contribution in [1.29, 1.82) is 0 Å². The number of hydrogen-bond donors (Lipinski definition) is 0. The van der Waals surface area contributed by atoms with Crippen LogP contribution in [0.5, 0.6) is 0 Å². The zero-order valence-corrected chi connectivity index (χ0v) is 13.3. The molecule has 0 aliphatic heterocycles. The van der Waals surface area contributed by atoms with Crippen LogP contribution in [-0.2, 0) is 0 Å². The molecule has 0 aliphatic carbocycles. The Morgan fingerprint density at radius 3 is 2.73 bits per heavy atom. The van der Waals surface area contributed by atoms with Crippen LogP contribution in [0.3, 0.4) is 0 Å². The van der Waals surface area contributed by atoms with Crippen molar-refractivity contribution in [2.45, 2.75) is 6.92 Å². The fourth-order valence-corrected chi connectivity index (χ4v) is 3.04. The van der Waals surface area contributed by atoms with Crippen molar-refractivity contribution < 1.29 is 0 Å². The number of hydrogen-bond acceptors (Lipinski definition) is 3. The maximum Gasteiger partial charge on any atom is 0.282 e. The number of rotatable bonds is 1. The lowest BCUT2D eigenvalue weighted by atomic mass is 10.2. The molecule has 0 spiro atoms. The fourth-order valence-electron chi connectivity index (χ4n) is 2.66. The summed E-state index contributed by atoms with van der Waals surface area (Å²) in [5, 5.41) is 4.34. The third-order valence-electron chi connectivity index (χ3n) is 3.66. The SMILES string of the molecule is Cc1ccccc1-n1c(=O)c2cc(Br)nn2c2cccnc21. The van der Waals surface area contributed by atoms with E-state index in [1.54, 1.807) is 21.3 Å². The van der Waals surface area contributed by atoms with Crippen molar-refractivity contribution in [3.05, 3.63) is 69.2 Å². The van der Waals surface area contributed by atoms with Gasteiger partial charge in [0.1, 0.15) is 15.6 Å². The van der Waals surface area contributed by atoms with Gasteiger partial charge in [0.05, 0.1) is 5.69 Å². The van der Waals surface area contributed by atoms with Crippen molar-refractivity contribution in [1.82, 2.24) is 19.2 Å². The van der Waals surface area contributed by atoms with E-state index in [-0.39, 0.29) is 5.56 Å². The van der Waals surface area contributed by atoms with Crippen molar-refractivity contribution in [2.24, 2.45) is 0 Å². The predicted octanol–water partition coefficient (Wildman–Crippen LogP) is 3.10. The van der Waals surface area contributed by atoms with Crippen molar-refractivity contribution >= 4 is 32.6 Å². The highest BCUT2D eigenvalue weighted by Crippen LogP contribution is 2.20. The molecule has 0 saturated heterocycles. The van der Waals surface area contributed by atoms with Crippen LogP contribution < -0.4 is 5.56 Å². The maximum atomic E-state index is 12.9. The van der Waals surface area contributed by atoms with Crippen LogP contribution in [0.4, 0.5) is 0 Å². The summed E-state index contributed by atoms with van der Waals surface area (Å²) in [6.07, 6.45) is 1.68. The minimum absolute atomic E-state index is 0.140. The smallest absolute Gasteiger partial charge is 0.266 e. The van der Waals surface area contributed by atoms with Crippen LogP contribution in [-0.4, -0.2) is 19.2 Å². The highest BCUT2D eigenvalue weighted by Gasteiger charge is 2.15. The van der Waals surface area contributed by atoms with Gasteiger partial charge >= 0.3 is 0 Å². The first kappa shape index (κ1) is 13.2. The van der Waals surface area contributed by atoms with Gasteiger partial charge in [-0.2, -0.15) is 5.10 Å². The molecule has 4 rings (SSSR count). The summed E-state index contributed by atoms with van der Waals surface area (Å²) < 4.78 is 3.90. The lowest BCUT2D eigenvalue weighted by Crippen LogP contribution is -2.22. The number of para-hydroxylation sites is 1. The van der Waals surface area contributed by atoms with Crippen molar-refractivity contribution in [2.75, 3.05) is 0 Å². The molecule has 22 heavy (non-hydrogen) atoms. The minimum atomic E-state index is -0.140. The second-order valence-corrected chi connectivity index (χ2v) is 5.85. The van der Waals surface area contributed by atoms with Gasteiger partial charge in [-0.25, -0.2) is 9.50 Å². The third-order valence-corrected chi connectivity index (χ3v) is 4.05. The largest absolute Gasteiger partial charge is 0.282 e. The topological polar surface area (TPSA) is 52.2 Å². The summed E-state index contributed by atoms with van der Waals surface area (Å²) in [5.74, 6) is 0. The molecule has 6 heteroatoms. The van der Waals surface area contributed by atoms with E-state index in [0.717, 1.165) is 16.8 Å². The van der Waals surface area contributed by atoms with Gasteiger partial charge < -0.3 is 0 Å². The summed E-state index contributed by atoms with van der Waals surface area (Å²) in [7, 11) is 0. The van der Waals surface area contributed by atoms with E-state index < -0.39 is 0 Å². The Balaban J connectivity index is 2.29. The quantitative estimate of drug-likeness (QED) is 0.527. The van der Waals surface area contributed by atoms with Crippen LogP contribution in [0.15, 0.2) is 58.1 Å². The van der Waals surface area contributed by atoms with E-state index in [1.165, 1.54) is 0 Å². The van der Waals surface area contributed by atoms with Gasteiger partial charge in [-0.1, -0.05) is 18.2 Å². The molecular formula is C16H11BrN4O. The van der Waals surface area contributed by atoms with Gasteiger partial charge in [-0.15, -0.1) is 0 Å². The average Bonchev–Trinajstić information content (AvgIpc) is 2.92. The minimum Gasteiger partial charge on any atom is -0.266 e. The number of nitrogens with zero attached hydrogens (tertiary/aromatic N) is 4. The Morgan fingerprint density at radius 1 is 1.09 bits per heavy atom. The molecule has 0 bridgehead atoms. The van der Waals surface area contributed by atoms with E-state index >= 15 is 0 Å². The van der Waals surface area contributed by atoms with E-state index in [0.29, 0.717) is 15.8 Å². The molecule has 0 radical (unpaired) electrons. The number of pyridine rings is 1. The Kier molecular flexibility index (Phi) is 2.87. The predicted molar refractivity (Wildman–Crippen MR) is 88.5 cm³/mol. The molecule has 5 nitrogen and oxygen atoms in total. The molecule has 0 saturated carbocycles. The van der Waals surface area contributed by atoms with Crippen molar-refractivity contribution in [3.63, 3.8) is 0 Å². The van der Waals surface area contributed by atoms with Gasteiger partial charge in [0, 0.05) is 12.3 Å². The first-order valence-electron chi connectivity index (χ1n) is 6.78. The second kappa shape index (κ2) is 4.78. The molecule has 0 aliphatic rings. The summed E-state index contributed by atoms with van der Waals surface area (Å²) >= 11 is 3.34. The highest BCUT2D eigenvalue weighted by molar-refractivity contribution is 9.10. The normalized spacial score (nSPS) is 11.4. The monoisotopic (exact) mass is 354 g/mol. The van der Waals surface area contributed by atoms with E-state index in [1.807, 2.05) is 43.3 Å². The van der Waals surface area contributed by atoms with Gasteiger partial charge in [0.25, 0.3) is 5.56 Å². The van der Waals surface area contributed by atoms with Crippen LogP contribution in [0.25, 0.3) is 22.4 Å². The van der Waals surface area contributed by atoms with Gasteiger partial charge in [-0.3, -0.25) is 9.36 Å². The van der Waals surface area contributed by atoms with Gasteiger partial charge in [0.15, 0.2) is 5.65 Å². The number of aromatic nitrogens is 4. The average molecular weight is 355 g/mol. The second-order valence-electron chi connectivity index (χ2n) is 5.04. The molecule has 0 atom stereocenters. The maximum absolute atomic E-state index is 12.9. The van der Waals surface area contributed by atoms with Crippen LogP contribution in [0, 0.1) is 6.92 Å². The zero-order chi connectivity index (χ0) is 15.3. The highest BCUT2D eigenvalue weighted by atomic mass is 79.9. The first-order valence-corrected chi connectivity index (χ1v) is 7.57. The van der Waals surface area contributed by atoms with Crippen LogP contribution in [0.2, 0.25) is 0 Å². The van der Waals surface area contributed by atoms with E-state index in [4.69, 9.17) is 0 Å². The lowest BCUT2D eigenvalue weighted by molar-refractivity contribution is 0.925. The summed E-state index contributed by atoms with van der Waals surface area (Å²) in [4.78, 5) is 17.4. The zero-order valence-electron chi connectivity index (χ0n) is 11.7. The number of benzene rings is 1. The van der Waals surface area contributed by atoms with Crippen LogP contribution >= 0.6 is 15.9 Å². The lowest BCUT2D eigenvalue weighted by Gasteiger charge is -2.12. The standard InChI is InChI=1S/C16H11BrN4O/c1-10-5-2-3-6-11(10)20-15-12(7-4-8-18-15)21-13(16(20)22)9-14(17)19-21/h2-9H,1H3. The molecular weight excluding hydrogens is 344 g/mol. The Bertz CT molecular complexity index is 1080. The van der Waals surface area contributed by atoms with Crippen molar-refractivity contribution in [3.8, 4) is 5.69 Å². The molecule has 1 aromatic carbocycles. The Hall–Kier alpha value is -2.47. The Labute approximate surface area is 134 Å². The molecule has 0 fully saturated rings. The summed E-state index contributed by atoms with van der Waals surface area (Å²) in [5.41, 5.74) is 3.58. The molecule has 4 aromatic rings. The van der Waals surface area contributed by atoms with Crippen LogP contribution in [0.1, 0.15) is 5.56 Å². The summed E-state index contributed by atoms with van der Waals surface area (Å²) in [6, 6.07) is 13.2. The van der Waals surface area contributed by atoms with E-state index in [9.17, 15) is 4.79 Å². The fraction of sp³-hybridized carbons (Fsp3) is 0.0625. The number of fused-ring (bicyclic) bond motifs is 3. The first-order chi connectivity index (χ1) is 10.7.